The molecule has 0 atom stereocenters. The van der Waals surface area contributed by atoms with Crippen molar-refractivity contribution in [3.8, 4) is 0 Å². The van der Waals surface area contributed by atoms with Crippen LogP contribution in [0.1, 0.15) is 18.4 Å². The number of benzene rings is 1. The minimum Gasteiger partial charge on any atom is -0.481 e. The maximum absolute atomic E-state index is 11.5. The van der Waals surface area contributed by atoms with Crippen molar-refractivity contribution in [1.29, 1.82) is 0 Å². The Labute approximate surface area is 110 Å². The van der Waals surface area contributed by atoms with Gasteiger partial charge in [-0.2, -0.15) is 0 Å². The molecule has 0 amide bonds. The number of piperidine rings is 1. The Kier molecular flexibility index (Phi) is 3.80. The number of hydrogen-bond donors (Lipinski definition) is 2. The van der Waals surface area contributed by atoms with Gasteiger partial charge in [0.25, 0.3) is 5.69 Å². The van der Waals surface area contributed by atoms with Crippen LogP contribution in [-0.2, 0) is 11.2 Å². The van der Waals surface area contributed by atoms with Gasteiger partial charge in [0.05, 0.1) is 10.3 Å². The highest BCUT2D eigenvalue weighted by Crippen LogP contribution is 2.33. The second kappa shape index (κ2) is 5.36. The lowest BCUT2D eigenvalue weighted by Gasteiger charge is -2.33. The molecule has 1 heterocycles. The van der Waals surface area contributed by atoms with Crippen LogP contribution in [0.2, 0.25) is 0 Å². The standard InChI is InChI=1S/C13H16N2O4/c16-12(17)13(5-7-14-8-6-13)9-10-1-3-11(4-2-10)15(18)19/h1-4,14H,5-9H2,(H,16,17). The van der Waals surface area contributed by atoms with Gasteiger partial charge >= 0.3 is 5.97 Å². The molecule has 6 heteroatoms. The Bertz CT molecular complexity index is 478. The maximum Gasteiger partial charge on any atom is 0.310 e. The molecule has 0 unspecified atom stereocenters. The van der Waals surface area contributed by atoms with Gasteiger partial charge in [-0.1, -0.05) is 12.1 Å². The first-order valence-corrected chi connectivity index (χ1v) is 6.21. The molecule has 1 aliphatic rings. The second-order valence-electron chi connectivity index (χ2n) is 4.94. The number of nitro groups is 1. The first kappa shape index (κ1) is 13.5. The lowest BCUT2D eigenvalue weighted by atomic mass is 9.74. The number of hydrogen-bond acceptors (Lipinski definition) is 4. The maximum atomic E-state index is 11.5. The summed E-state index contributed by atoms with van der Waals surface area (Å²) in [6.07, 6.45) is 1.58. The molecule has 1 aliphatic heterocycles. The van der Waals surface area contributed by atoms with Gasteiger partial charge in [0, 0.05) is 12.1 Å². The number of nitrogens with zero attached hydrogens (tertiary/aromatic N) is 1. The molecule has 19 heavy (non-hydrogen) atoms. The number of carbonyl (C=O) groups is 1. The van der Waals surface area contributed by atoms with Gasteiger partial charge < -0.3 is 10.4 Å². The van der Waals surface area contributed by atoms with E-state index in [1.807, 2.05) is 0 Å². The molecule has 0 bridgehead atoms. The summed E-state index contributed by atoms with van der Waals surface area (Å²) >= 11 is 0. The van der Waals surface area contributed by atoms with E-state index >= 15 is 0 Å². The van der Waals surface area contributed by atoms with E-state index < -0.39 is 16.3 Å². The molecule has 0 aromatic heterocycles. The topological polar surface area (TPSA) is 92.5 Å². The van der Waals surface area contributed by atoms with Gasteiger partial charge in [-0.15, -0.1) is 0 Å². The number of aliphatic carboxylic acids is 1. The van der Waals surface area contributed by atoms with Crippen LogP contribution in [0.5, 0.6) is 0 Å². The number of rotatable bonds is 4. The third kappa shape index (κ3) is 2.90. The Morgan fingerprint density at radius 3 is 2.37 bits per heavy atom. The highest BCUT2D eigenvalue weighted by Gasteiger charge is 2.39. The zero-order chi connectivity index (χ0) is 13.9. The van der Waals surface area contributed by atoms with E-state index in [2.05, 4.69) is 5.32 Å². The van der Waals surface area contributed by atoms with E-state index in [4.69, 9.17) is 0 Å². The SMILES string of the molecule is O=C(O)C1(Cc2ccc([N+](=O)[O-])cc2)CCNCC1. The summed E-state index contributed by atoms with van der Waals surface area (Å²) < 4.78 is 0. The number of non-ortho nitro benzene ring substituents is 1. The van der Waals surface area contributed by atoms with Crippen LogP contribution in [0.3, 0.4) is 0 Å². The molecule has 102 valence electrons. The van der Waals surface area contributed by atoms with E-state index in [1.54, 1.807) is 12.1 Å². The quantitative estimate of drug-likeness (QED) is 0.636. The van der Waals surface area contributed by atoms with Gasteiger partial charge in [-0.05, 0) is 37.9 Å². The lowest BCUT2D eigenvalue weighted by Crippen LogP contribution is -2.43. The molecular weight excluding hydrogens is 248 g/mol. The molecule has 6 nitrogen and oxygen atoms in total. The summed E-state index contributed by atoms with van der Waals surface area (Å²) in [5, 5.41) is 23.2. The summed E-state index contributed by atoms with van der Waals surface area (Å²) in [4.78, 5) is 21.6. The fourth-order valence-corrected chi connectivity index (χ4v) is 2.50. The van der Waals surface area contributed by atoms with Gasteiger partial charge in [0.15, 0.2) is 0 Å². The van der Waals surface area contributed by atoms with Gasteiger partial charge in [0.2, 0.25) is 0 Å². The normalized spacial score (nSPS) is 17.9. The average Bonchev–Trinajstić information content (AvgIpc) is 2.40. The predicted molar refractivity (Wildman–Crippen MR) is 69.0 cm³/mol. The van der Waals surface area contributed by atoms with Gasteiger partial charge in [-0.25, -0.2) is 0 Å². The van der Waals surface area contributed by atoms with Crippen molar-refractivity contribution in [1.82, 2.24) is 5.32 Å². The fourth-order valence-electron chi connectivity index (χ4n) is 2.50. The van der Waals surface area contributed by atoms with Crippen molar-refractivity contribution in [2.75, 3.05) is 13.1 Å². The average molecular weight is 264 g/mol. The molecule has 1 saturated heterocycles. The monoisotopic (exact) mass is 264 g/mol. The Morgan fingerprint density at radius 1 is 1.32 bits per heavy atom. The summed E-state index contributed by atoms with van der Waals surface area (Å²) in [6, 6.07) is 6.13. The zero-order valence-corrected chi connectivity index (χ0v) is 10.5. The zero-order valence-electron chi connectivity index (χ0n) is 10.5. The predicted octanol–water partition coefficient (Wildman–Crippen LogP) is 1.59. The van der Waals surface area contributed by atoms with E-state index in [0.717, 1.165) is 5.56 Å². The minimum absolute atomic E-state index is 0.0263. The summed E-state index contributed by atoms with van der Waals surface area (Å²) in [6.45, 7) is 1.39. The molecule has 2 N–H and O–H groups in total. The molecule has 1 fully saturated rings. The molecule has 2 rings (SSSR count). The minimum atomic E-state index is -0.785. The molecular formula is C13H16N2O4. The highest BCUT2D eigenvalue weighted by atomic mass is 16.6. The Hall–Kier alpha value is -1.95. The Balaban J connectivity index is 2.17. The van der Waals surface area contributed by atoms with Crippen molar-refractivity contribution >= 4 is 11.7 Å². The number of nitrogens with one attached hydrogen (secondary N) is 1. The molecule has 0 spiro atoms. The van der Waals surface area contributed by atoms with Crippen LogP contribution in [-0.4, -0.2) is 29.1 Å². The summed E-state index contributed by atoms with van der Waals surface area (Å²) in [7, 11) is 0. The van der Waals surface area contributed by atoms with Crippen LogP contribution >= 0.6 is 0 Å². The number of carboxylic acids is 1. The first-order valence-electron chi connectivity index (χ1n) is 6.21. The highest BCUT2D eigenvalue weighted by molar-refractivity contribution is 5.75. The second-order valence-corrected chi connectivity index (χ2v) is 4.94. The van der Waals surface area contributed by atoms with Crippen LogP contribution in [0.25, 0.3) is 0 Å². The van der Waals surface area contributed by atoms with Crippen LogP contribution < -0.4 is 5.32 Å². The number of carboxylic acid groups (broad SMARTS) is 1. The summed E-state index contributed by atoms with van der Waals surface area (Å²) in [5.41, 5.74) is 0.106. The third-order valence-electron chi connectivity index (χ3n) is 3.70. The van der Waals surface area contributed by atoms with Crippen molar-refractivity contribution in [3.63, 3.8) is 0 Å². The van der Waals surface area contributed by atoms with E-state index in [1.165, 1.54) is 12.1 Å². The first-order chi connectivity index (χ1) is 9.03. The van der Waals surface area contributed by atoms with Crippen molar-refractivity contribution in [3.05, 3.63) is 39.9 Å². The molecule has 1 aromatic rings. The lowest BCUT2D eigenvalue weighted by molar-refractivity contribution is -0.384. The largest absolute Gasteiger partial charge is 0.481 e. The molecule has 1 aromatic carbocycles. The fraction of sp³-hybridized carbons (Fsp3) is 0.462. The van der Waals surface area contributed by atoms with Crippen LogP contribution in [0.15, 0.2) is 24.3 Å². The summed E-state index contributed by atoms with van der Waals surface area (Å²) in [5.74, 6) is -0.785. The van der Waals surface area contributed by atoms with Gasteiger partial charge in [0.1, 0.15) is 0 Å². The smallest absolute Gasteiger partial charge is 0.310 e. The number of nitro benzene ring substituents is 1. The third-order valence-corrected chi connectivity index (χ3v) is 3.70. The van der Waals surface area contributed by atoms with Crippen molar-refractivity contribution in [2.24, 2.45) is 5.41 Å². The molecule has 0 radical (unpaired) electrons. The molecule has 0 saturated carbocycles. The van der Waals surface area contributed by atoms with Crippen LogP contribution in [0.4, 0.5) is 5.69 Å². The van der Waals surface area contributed by atoms with Crippen molar-refractivity contribution < 1.29 is 14.8 Å². The van der Waals surface area contributed by atoms with E-state index in [0.29, 0.717) is 32.4 Å². The van der Waals surface area contributed by atoms with E-state index in [-0.39, 0.29) is 5.69 Å². The Morgan fingerprint density at radius 2 is 1.89 bits per heavy atom. The van der Waals surface area contributed by atoms with E-state index in [9.17, 15) is 20.0 Å². The molecule has 0 aliphatic carbocycles. The van der Waals surface area contributed by atoms with Gasteiger partial charge in [-0.3, -0.25) is 14.9 Å². The van der Waals surface area contributed by atoms with Crippen LogP contribution in [0, 0.1) is 15.5 Å². The van der Waals surface area contributed by atoms with Crippen molar-refractivity contribution in [2.45, 2.75) is 19.3 Å².